The summed E-state index contributed by atoms with van der Waals surface area (Å²) >= 11 is 5.90. The summed E-state index contributed by atoms with van der Waals surface area (Å²) < 4.78 is 5.85. The molecule has 4 nitrogen and oxygen atoms in total. The predicted octanol–water partition coefficient (Wildman–Crippen LogP) is 3.66. The average Bonchev–Trinajstić information content (AvgIpc) is 3.05. The first-order valence-corrected chi connectivity index (χ1v) is 9.29. The van der Waals surface area contributed by atoms with Gasteiger partial charge in [0.2, 0.25) is 5.91 Å². The third-order valence-corrected chi connectivity index (χ3v) is 5.23. The van der Waals surface area contributed by atoms with E-state index in [2.05, 4.69) is 6.92 Å². The molecular weight excluding hydrogens is 348 g/mol. The molecule has 138 valence electrons. The normalized spacial score (nSPS) is 19.6. The molecular formula is C21H25ClN2O2. The van der Waals surface area contributed by atoms with Crippen molar-refractivity contribution >= 4 is 17.5 Å². The van der Waals surface area contributed by atoms with E-state index < -0.39 is 0 Å². The number of benzene rings is 2. The van der Waals surface area contributed by atoms with Crippen LogP contribution in [0, 0.1) is 5.41 Å². The van der Waals surface area contributed by atoms with E-state index in [-0.39, 0.29) is 11.3 Å². The molecule has 3 rings (SSSR count). The molecule has 1 fully saturated rings. The van der Waals surface area contributed by atoms with Crippen LogP contribution in [0.25, 0.3) is 0 Å². The highest BCUT2D eigenvalue weighted by molar-refractivity contribution is 6.30. The maximum Gasteiger partial charge on any atom is 0.227 e. The fraction of sp³-hybridized carbons (Fsp3) is 0.381. The summed E-state index contributed by atoms with van der Waals surface area (Å²) in [5.41, 5.74) is 7.90. The first kappa shape index (κ1) is 18.7. The van der Waals surface area contributed by atoms with Crippen molar-refractivity contribution in [2.45, 2.75) is 26.4 Å². The molecule has 1 atom stereocenters. The van der Waals surface area contributed by atoms with Gasteiger partial charge in [0.1, 0.15) is 12.4 Å². The monoisotopic (exact) mass is 372 g/mol. The topological polar surface area (TPSA) is 55.6 Å². The number of hydrogen-bond acceptors (Lipinski definition) is 3. The predicted molar refractivity (Wildman–Crippen MR) is 104 cm³/mol. The van der Waals surface area contributed by atoms with Crippen LogP contribution < -0.4 is 10.5 Å². The zero-order valence-electron chi connectivity index (χ0n) is 15.1. The maximum absolute atomic E-state index is 12.6. The van der Waals surface area contributed by atoms with Crippen LogP contribution in [0.5, 0.6) is 5.75 Å². The van der Waals surface area contributed by atoms with Gasteiger partial charge in [-0.3, -0.25) is 4.79 Å². The Bertz CT molecular complexity index is 763. The number of nitrogens with zero attached hydrogens (tertiary/aromatic N) is 1. The van der Waals surface area contributed by atoms with Crippen molar-refractivity contribution in [2.75, 3.05) is 19.6 Å². The Hall–Kier alpha value is -2.04. The van der Waals surface area contributed by atoms with Gasteiger partial charge in [-0.1, -0.05) is 42.8 Å². The Balaban J connectivity index is 1.57. The van der Waals surface area contributed by atoms with Crippen molar-refractivity contribution in [3.63, 3.8) is 0 Å². The van der Waals surface area contributed by atoms with Gasteiger partial charge in [0.05, 0.1) is 6.42 Å². The van der Waals surface area contributed by atoms with Crippen LogP contribution in [0.1, 0.15) is 24.5 Å². The number of amides is 1. The Labute approximate surface area is 159 Å². The summed E-state index contributed by atoms with van der Waals surface area (Å²) in [7, 11) is 0. The summed E-state index contributed by atoms with van der Waals surface area (Å²) in [5.74, 6) is 0.912. The molecule has 0 aliphatic carbocycles. The lowest BCUT2D eigenvalue weighted by molar-refractivity contribution is -0.129. The molecule has 0 bridgehead atoms. The Morgan fingerprint density at radius 3 is 2.69 bits per heavy atom. The minimum absolute atomic E-state index is 0.0548. The second kappa shape index (κ2) is 8.11. The number of carbonyl (C=O) groups is 1. The molecule has 26 heavy (non-hydrogen) atoms. The summed E-state index contributed by atoms with van der Waals surface area (Å²) in [6, 6.07) is 15.3. The van der Waals surface area contributed by atoms with E-state index in [1.807, 2.05) is 53.4 Å². The number of likely N-dealkylation sites (tertiary alicyclic amines) is 1. The van der Waals surface area contributed by atoms with Crippen LogP contribution in [-0.2, 0) is 17.8 Å². The Kier molecular flexibility index (Phi) is 5.84. The van der Waals surface area contributed by atoms with E-state index in [1.165, 1.54) is 0 Å². The molecule has 0 aromatic heterocycles. The van der Waals surface area contributed by atoms with E-state index in [4.69, 9.17) is 22.1 Å². The van der Waals surface area contributed by atoms with Gasteiger partial charge in [-0.15, -0.1) is 0 Å². The maximum atomic E-state index is 12.6. The Morgan fingerprint density at radius 1 is 1.23 bits per heavy atom. The van der Waals surface area contributed by atoms with Crippen LogP contribution in [0.15, 0.2) is 48.5 Å². The van der Waals surface area contributed by atoms with Gasteiger partial charge in [-0.2, -0.15) is 0 Å². The van der Waals surface area contributed by atoms with Crippen LogP contribution in [0.4, 0.5) is 0 Å². The first-order valence-electron chi connectivity index (χ1n) is 8.91. The molecule has 1 amide bonds. The summed E-state index contributed by atoms with van der Waals surface area (Å²) in [6.07, 6.45) is 1.36. The number of ether oxygens (including phenoxy) is 1. The van der Waals surface area contributed by atoms with Crippen molar-refractivity contribution in [3.05, 3.63) is 64.7 Å². The van der Waals surface area contributed by atoms with E-state index in [0.29, 0.717) is 24.6 Å². The molecule has 2 N–H and O–H groups in total. The smallest absolute Gasteiger partial charge is 0.227 e. The molecule has 1 aliphatic heterocycles. The fourth-order valence-corrected chi connectivity index (χ4v) is 3.31. The highest BCUT2D eigenvalue weighted by Gasteiger charge is 2.34. The SMILES string of the molecule is CC1(CN)CCN(C(=O)Cc2cccc(OCc3ccc(Cl)cc3)c2)C1. The molecule has 1 saturated heterocycles. The largest absolute Gasteiger partial charge is 0.489 e. The first-order chi connectivity index (χ1) is 12.5. The standard InChI is InChI=1S/C21H25ClN2O2/c1-21(14-23)9-10-24(15-21)20(25)12-17-3-2-4-19(11-17)26-13-16-5-7-18(22)8-6-16/h2-8,11H,9-10,12-15,23H2,1H3. The van der Waals surface area contributed by atoms with Crippen molar-refractivity contribution in [1.29, 1.82) is 0 Å². The molecule has 0 spiro atoms. The van der Waals surface area contributed by atoms with Gasteiger partial charge in [-0.25, -0.2) is 0 Å². The van der Waals surface area contributed by atoms with Gasteiger partial charge in [0.25, 0.3) is 0 Å². The lowest BCUT2D eigenvalue weighted by Crippen LogP contribution is -2.35. The van der Waals surface area contributed by atoms with Gasteiger partial charge in [0.15, 0.2) is 0 Å². The number of halogens is 1. The number of rotatable bonds is 6. The molecule has 0 saturated carbocycles. The van der Waals surface area contributed by atoms with E-state index in [9.17, 15) is 4.79 Å². The highest BCUT2D eigenvalue weighted by Crippen LogP contribution is 2.29. The lowest BCUT2D eigenvalue weighted by atomic mass is 9.90. The fourth-order valence-electron chi connectivity index (χ4n) is 3.18. The minimum atomic E-state index is 0.0548. The summed E-state index contributed by atoms with van der Waals surface area (Å²) in [6.45, 7) is 4.76. The quantitative estimate of drug-likeness (QED) is 0.841. The second-order valence-corrected chi connectivity index (χ2v) is 7.76. The van der Waals surface area contributed by atoms with Gasteiger partial charge in [-0.05, 0) is 53.8 Å². The molecule has 1 heterocycles. The van der Waals surface area contributed by atoms with Gasteiger partial charge >= 0.3 is 0 Å². The molecule has 0 radical (unpaired) electrons. The van der Waals surface area contributed by atoms with Gasteiger partial charge < -0.3 is 15.4 Å². The molecule has 1 unspecified atom stereocenters. The van der Waals surface area contributed by atoms with E-state index in [0.717, 1.165) is 36.4 Å². The summed E-state index contributed by atoms with van der Waals surface area (Å²) in [5, 5.41) is 0.710. The highest BCUT2D eigenvalue weighted by atomic mass is 35.5. The minimum Gasteiger partial charge on any atom is -0.489 e. The van der Waals surface area contributed by atoms with Crippen LogP contribution in [0.2, 0.25) is 5.02 Å². The zero-order chi connectivity index (χ0) is 18.6. The average molecular weight is 373 g/mol. The molecule has 2 aromatic rings. The molecule has 5 heteroatoms. The second-order valence-electron chi connectivity index (χ2n) is 7.32. The van der Waals surface area contributed by atoms with Crippen molar-refractivity contribution in [2.24, 2.45) is 11.1 Å². The number of hydrogen-bond donors (Lipinski definition) is 1. The van der Waals surface area contributed by atoms with E-state index in [1.54, 1.807) is 0 Å². The van der Waals surface area contributed by atoms with Crippen LogP contribution in [-0.4, -0.2) is 30.4 Å². The number of nitrogens with two attached hydrogens (primary N) is 1. The summed E-state index contributed by atoms with van der Waals surface area (Å²) in [4.78, 5) is 14.5. The third kappa shape index (κ3) is 4.77. The zero-order valence-corrected chi connectivity index (χ0v) is 15.8. The van der Waals surface area contributed by atoms with Crippen molar-refractivity contribution in [1.82, 2.24) is 4.90 Å². The van der Waals surface area contributed by atoms with Gasteiger partial charge in [0, 0.05) is 18.1 Å². The third-order valence-electron chi connectivity index (χ3n) is 4.98. The van der Waals surface area contributed by atoms with Crippen molar-refractivity contribution < 1.29 is 9.53 Å². The van der Waals surface area contributed by atoms with E-state index >= 15 is 0 Å². The van der Waals surface area contributed by atoms with Crippen molar-refractivity contribution in [3.8, 4) is 5.75 Å². The number of carbonyl (C=O) groups excluding carboxylic acids is 1. The van der Waals surface area contributed by atoms with Crippen LogP contribution in [0.3, 0.4) is 0 Å². The lowest BCUT2D eigenvalue weighted by Gasteiger charge is -2.22. The Morgan fingerprint density at radius 2 is 2.00 bits per heavy atom. The van der Waals surface area contributed by atoms with Crippen LogP contribution >= 0.6 is 11.6 Å². The molecule has 1 aliphatic rings. The molecule has 2 aromatic carbocycles.